The van der Waals surface area contributed by atoms with Gasteiger partial charge in [0.2, 0.25) is 5.91 Å². The maximum atomic E-state index is 11.4. The summed E-state index contributed by atoms with van der Waals surface area (Å²) < 4.78 is 0. The van der Waals surface area contributed by atoms with Crippen molar-refractivity contribution in [2.24, 2.45) is 0 Å². The third-order valence-corrected chi connectivity index (χ3v) is 2.61. The molecule has 0 aromatic heterocycles. The van der Waals surface area contributed by atoms with E-state index in [0.717, 1.165) is 6.54 Å². The van der Waals surface area contributed by atoms with Crippen molar-refractivity contribution >= 4 is 11.9 Å². The van der Waals surface area contributed by atoms with Crippen molar-refractivity contribution in [3.8, 4) is 0 Å². The zero-order chi connectivity index (χ0) is 10.7. The molecule has 1 fully saturated rings. The van der Waals surface area contributed by atoms with E-state index in [1.165, 1.54) is 0 Å². The molecule has 0 saturated carbocycles. The van der Waals surface area contributed by atoms with E-state index in [4.69, 9.17) is 5.11 Å². The molecule has 0 bridgehead atoms. The Labute approximate surface area is 83.3 Å². The number of likely N-dealkylation sites (N-methyl/N-ethyl adjacent to an activating group) is 1. The maximum absolute atomic E-state index is 11.4. The lowest BCUT2D eigenvalue weighted by Gasteiger charge is -2.37. The largest absolute Gasteiger partial charge is 0.481 e. The Balaban J connectivity index is 2.46. The fourth-order valence-electron chi connectivity index (χ4n) is 1.52. The number of amides is 1. The van der Waals surface area contributed by atoms with Gasteiger partial charge in [0, 0.05) is 25.7 Å². The molecule has 5 nitrogen and oxygen atoms in total. The first-order chi connectivity index (χ1) is 6.50. The molecule has 1 rings (SSSR count). The van der Waals surface area contributed by atoms with Gasteiger partial charge in [0.25, 0.3) is 0 Å². The molecule has 5 heteroatoms. The fourth-order valence-corrected chi connectivity index (χ4v) is 1.52. The summed E-state index contributed by atoms with van der Waals surface area (Å²) in [6, 6.07) is 0.307. The zero-order valence-corrected chi connectivity index (χ0v) is 8.56. The Morgan fingerprint density at radius 1 is 1.43 bits per heavy atom. The van der Waals surface area contributed by atoms with Crippen LogP contribution in [-0.2, 0) is 9.59 Å². The van der Waals surface area contributed by atoms with Crippen LogP contribution in [-0.4, -0.2) is 59.5 Å². The van der Waals surface area contributed by atoms with Gasteiger partial charge < -0.3 is 14.9 Å². The van der Waals surface area contributed by atoms with Crippen molar-refractivity contribution in [1.29, 1.82) is 0 Å². The minimum absolute atomic E-state index is 0.280. The highest BCUT2D eigenvalue weighted by Crippen LogP contribution is 2.08. The normalized spacial score (nSPS) is 23.6. The Kier molecular flexibility index (Phi) is 3.46. The number of carbonyl (C=O) groups is 2. The topological polar surface area (TPSA) is 60.9 Å². The summed E-state index contributed by atoms with van der Waals surface area (Å²) in [5, 5.41) is 8.47. The number of rotatable bonds is 2. The molecule has 0 radical (unpaired) electrons. The predicted octanol–water partition coefficient (Wildman–Crippen LogP) is -0.376. The quantitative estimate of drug-likeness (QED) is 0.617. The molecule has 0 aliphatic carbocycles. The van der Waals surface area contributed by atoms with Gasteiger partial charge in [-0.25, -0.2) is 0 Å². The molecule has 0 aromatic carbocycles. The van der Waals surface area contributed by atoms with Gasteiger partial charge >= 0.3 is 5.97 Å². The summed E-state index contributed by atoms with van der Waals surface area (Å²) in [6.07, 6.45) is -0.392. The first-order valence-corrected chi connectivity index (χ1v) is 4.70. The van der Waals surface area contributed by atoms with Crippen LogP contribution in [0, 0.1) is 0 Å². The zero-order valence-electron chi connectivity index (χ0n) is 8.56. The third kappa shape index (κ3) is 2.70. The van der Waals surface area contributed by atoms with Crippen LogP contribution >= 0.6 is 0 Å². The number of carboxylic acids is 1. The minimum atomic E-state index is -1.05. The van der Waals surface area contributed by atoms with Gasteiger partial charge in [0.05, 0.1) is 0 Å². The molecule has 1 heterocycles. The van der Waals surface area contributed by atoms with Gasteiger partial charge in [-0.2, -0.15) is 0 Å². The summed E-state index contributed by atoms with van der Waals surface area (Å²) in [7, 11) is 2.00. The van der Waals surface area contributed by atoms with Crippen LogP contribution in [0.3, 0.4) is 0 Å². The molecular formula is C9H16N2O3. The third-order valence-electron chi connectivity index (χ3n) is 2.61. The average molecular weight is 200 g/mol. The summed E-state index contributed by atoms with van der Waals surface area (Å²) in [5.41, 5.74) is 0. The number of hydrogen-bond donors (Lipinski definition) is 1. The Hall–Kier alpha value is -1.10. The molecule has 1 saturated heterocycles. The second kappa shape index (κ2) is 4.41. The molecule has 1 N–H and O–H groups in total. The molecule has 0 aromatic rings. The van der Waals surface area contributed by atoms with E-state index in [0.29, 0.717) is 19.1 Å². The second-order valence-electron chi connectivity index (χ2n) is 3.74. The van der Waals surface area contributed by atoms with Gasteiger partial charge in [-0.3, -0.25) is 9.59 Å². The van der Waals surface area contributed by atoms with Crippen molar-refractivity contribution in [2.45, 2.75) is 19.4 Å². The van der Waals surface area contributed by atoms with E-state index in [9.17, 15) is 9.59 Å². The molecule has 1 atom stereocenters. The molecule has 80 valence electrons. The van der Waals surface area contributed by atoms with Crippen LogP contribution < -0.4 is 0 Å². The SMILES string of the molecule is CC1CN(C(=O)CC(=O)O)CCN1C. The molecule has 14 heavy (non-hydrogen) atoms. The van der Waals surface area contributed by atoms with Crippen LogP contribution in [0.25, 0.3) is 0 Å². The van der Waals surface area contributed by atoms with Gasteiger partial charge in [-0.15, -0.1) is 0 Å². The van der Waals surface area contributed by atoms with Crippen molar-refractivity contribution in [3.05, 3.63) is 0 Å². The van der Waals surface area contributed by atoms with E-state index >= 15 is 0 Å². The summed E-state index contributed by atoms with van der Waals surface area (Å²) >= 11 is 0. The fraction of sp³-hybridized carbons (Fsp3) is 0.778. The van der Waals surface area contributed by atoms with E-state index in [1.807, 2.05) is 14.0 Å². The number of hydrogen-bond acceptors (Lipinski definition) is 3. The van der Waals surface area contributed by atoms with Gasteiger partial charge in [-0.1, -0.05) is 0 Å². The standard InChI is InChI=1S/C9H16N2O3/c1-7-6-11(4-3-10(7)2)8(12)5-9(13)14/h7H,3-6H2,1-2H3,(H,13,14). The lowest BCUT2D eigenvalue weighted by Crippen LogP contribution is -2.52. The highest BCUT2D eigenvalue weighted by molar-refractivity contribution is 5.93. The second-order valence-corrected chi connectivity index (χ2v) is 3.74. The first kappa shape index (κ1) is 11.0. The van der Waals surface area contributed by atoms with Crippen LogP contribution in [0.15, 0.2) is 0 Å². The van der Waals surface area contributed by atoms with E-state index in [2.05, 4.69) is 4.90 Å². The molecule has 0 spiro atoms. The van der Waals surface area contributed by atoms with E-state index in [1.54, 1.807) is 4.90 Å². The number of piperazine rings is 1. The minimum Gasteiger partial charge on any atom is -0.481 e. The molecule has 1 aliphatic rings. The number of aliphatic carboxylic acids is 1. The van der Waals surface area contributed by atoms with Crippen molar-refractivity contribution < 1.29 is 14.7 Å². The summed E-state index contributed by atoms with van der Waals surface area (Å²) in [5.74, 6) is -1.33. The molecule has 1 aliphatic heterocycles. The van der Waals surface area contributed by atoms with Crippen molar-refractivity contribution in [3.63, 3.8) is 0 Å². The average Bonchev–Trinajstić information content (AvgIpc) is 2.08. The van der Waals surface area contributed by atoms with Crippen molar-refractivity contribution in [1.82, 2.24) is 9.80 Å². The van der Waals surface area contributed by atoms with Gasteiger partial charge in [0.15, 0.2) is 0 Å². The van der Waals surface area contributed by atoms with Crippen LogP contribution in [0.1, 0.15) is 13.3 Å². The number of nitrogens with zero attached hydrogens (tertiary/aromatic N) is 2. The van der Waals surface area contributed by atoms with Gasteiger partial charge in [-0.05, 0) is 14.0 Å². The van der Waals surface area contributed by atoms with Gasteiger partial charge in [0.1, 0.15) is 6.42 Å². The smallest absolute Gasteiger partial charge is 0.312 e. The Bertz CT molecular complexity index is 242. The molecular weight excluding hydrogens is 184 g/mol. The Morgan fingerprint density at radius 2 is 2.07 bits per heavy atom. The van der Waals surface area contributed by atoms with Crippen LogP contribution in [0.2, 0.25) is 0 Å². The maximum Gasteiger partial charge on any atom is 0.312 e. The van der Waals surface area contributed by atoms with E-state index in [-0.39, 0.29) is 5.91 Å². The predicted molar refractivity (Wildman–Crippen MR) is 50.9 cm³/mol. The van der Waals surface area contributed by atoms with Crippen LogP contribution in [0.4, 0.5) is 0 Å². The monoisotopic (exact) mass is 200 g/mol. The first-order valence-electron chi connectivity index (χ1n) is 4.70. The molecule has 1 amide bonds. The van der Waals surface area contributed by atoms with E-state index < -0.39 is 12.4 Å². The highest BCUT2D eigenvalue weighted by Gasteiger charge is 2.25. The summed E-state index contributed by atoms with van der Waals surface area (Å²) in [4.78, 5) is 25.5. The molecule has 1 unspecified atom stereocenters. The summed E-state index contributed by atoms with van der Waals surface area (Å²) in [6.45, 7) is 4.10. The number of carbonyl (C=O) groups excluding carboxylic acids is 1. The lowest BCUT2D eigenvalue weighted by atomic mass is 10.2. The van der Waals surface area contributed by atoms with Crippen molar-refractivity contribution in [2.75, 3.05) is 26.7 Å². The lowest BCUT2D eigenvalue weighted by molar-refractivity contribution is -0.145. The highest BCUT2D eigenvalue weighted by atomic mass is 16.4. The Morgan fingerprint density at radius 3 is 2.57 bits per heavy atom. The number of carboxylic acid groups (broad SMARTS) is 1. The van der Waals surface area contributed by atoms with Crippen LogP contribution in [0.5, 0.6) is 0 Å².